The first kappa shape index (κ1) is 25.5. The van der Waals surface area contributed by atoms with Crippen molar-refractivity contribution in [3.8, 4) is 5.75 Å². The molecule has 0 saturated heterocycles. The normalized spacial score (nSPS) is 12.0. The second-order valence-corrected chi connectivity index (χ2v) is 6.56. The summed E-state index contributed by atoms with van der Waals surface area (Å²) in [5, 5.41) is 11.1. The van der Waals surface area contributed by atoms with E-state index in [1.807, 2.05) is 0 Å². The van der Waals surface area contributed by atoms with Gasteiger partial charge in [0, 0.05) is 18.6 Å². The molecule has 2 rings (SSSR count). The molecule has 33 heavy (non-hydrogen) atoms. The highest BCUT2D eigenvalue weighted by Crippen LogP contribution is 2.25. The zero-order chi connectivity index (χ0) is 24.1. The van der Waals surface area contributed by atoms with Crippen LogP contribution in [0.5, 0.6) is 5.75 Å². The van der Waals surface area contributed by atoms with Gasteiger partial charge >= 0.3 is 12.1 Å². The fourth-order valence-electron chi connectivity index (χ4n) is 2.66. The van der Waals surface area contributed by atoms with Crippen LogP contribution in [0.3, 0.4) is 0 Å². The number of nitrogens with one attached hydrogen (secondary N) is 1. The summed E-state index contributed by atoms with van der Waals surface area (Å²) >= 11 is 0. The lowest BCUT2D eigenvalue weighted by Crippen LogP contribution is -2.18. The van der Waals surface area contributed by atoms with E-state index in [0.717, 1.165) is 12.1 Å². The maximum atomic E-state index is 13.8. The predicted molar refractivity (Wildman–Crippen MR) is 118 cm³/mol. The number of aliphatic hydroxyl groups excluding tert-OH is 1. The number of esters is 1. The van der Waals surface area contributed by atoms with Gasteiger partial charge in [0.25, 0.3) is 0 Å². The van der Waals surface area contributed by atoms with Gasteiger partial charge in [0.1, 0.15) is 30.1 Å². The number of amides is 1. The van der Waals surface area contributed by atoms with Crippen molar-refractivity contribution in [2.75, 3.05) is 25.1 Å². The van der Waals surface area contributed by atoms with Crippen LogP contribution in [-0.4, -0.2) is 37.0 Å². The summed E-state index contributed by atoms with van der Waals surface area (Å²) in [6.07, 6.45) is 4.59. The third-order valence-corrected chi connectivity index (χ3v) is 4.15. The molecular formula is C24H25F2NO6. The molecule has 7 nitrogen and oxygen atoms in total. The molecule has 2 aromatic carbocycles. The first-order chi connectivity index (χ1) is 15.9. The number of hydrogen-bond acceptors (Lipinski definition) is 6. The van der Waals surface area contributed by atoms with E-state index in [2.05, 4.69) is 5.32 Å². The third-order valence-electron chi connectivity index (χ3n) is 4.15. The van der Waals surface area contributed by atoms with Gasteiger partial charge in [-0.05, 0) is 36.8 Å². The average Bonchev–Trinajstić information content (AvgIpc) is 2.79. The lowest BCUT2D eigenvalue weighted by atomic mass is 10.1. The largest absolute Gasteiger partial charge is 0.491 e. The van der Waals surface area contributed by atoms with Gasteiger partial charge in [0.15, 0.2) is 0 Å². The molecule has 2 aromatic rings. The smallest absolute Gasteiger partial charge is 0.412 e. The number of halogens is 2. The van der Waals surface area contributed by atoms with Crippen molar-refractivity contribution in [2.24, 2.45) is 0 Å². The zero-order valence-corrected chi connectivity index (χ0v) is 18.0. The summed E-state index contributed by atoms with van der Waals surface area (Å²) < 4.78 is 42.5. The van der Waals surface area contributed by atoms with E-state index in [0.29, 0.717) is 17.4 Å². The van der Waals surface area contributed by atoms with Gasteiger partial charge in [0.05, 0.1) is 18.9 Å². The summed E-state index contributed by atoms with van der Waals surface area (Å²) in [6, 6.07) is 9.44. The summed E-state index contributed by atoms with van der Waals surface area (Å²) in [5.74, 6) is -1.65. The van der Waals surface area contributed by atoms with Gasteiger partial charge < -0.3 is 19.3 Å². The fraction of sp³-hybridized carbons (Fsp3) is 0.250. The Hall–Kier alpha value is -3.72. The van der Waals surface area contributed by atoms with E-state index in [1.165, 1.54) is 12.2 Å². The van der Waals surface area contributed by atoms with Crippen LogP contribution in [0, 0.1) is 11.6 Å². The minimum Gasteiger partial charge on any atom is -0.491 e. The van der Waals surface area contributed by atoms with Crippen LogP contribution in [0.25, 0.3) is 0 Å². The van der Waals surface area contributed by atoms with E-state index < -0.39 is 29.8 Å². The highest BCUT2D eigenvalue weighted by Gasteiger charge is 2.17. The third kappa shape index (κ3) is 9.12. The second-order valence-electron chi connectivity index (χ2n) is 6.56. The quantitative estimate of drug-likeness (QED) is 0.286. The average molecular weight is 461 g/mol. The number of allylic oxidation sites excluding steroid dienone is 2. The highest BCUT2D eigenvalue weighted by atomic mass is 19.1. The molecule has 0 aromatic heterocycles. The first-order valence-corrected chi connectivity index (χ1v) is 10.2. The van der Waals surface area contributed by atoms with Crippen molar-refractivity contribution >= 4 is 17.7 Å². The Balaban J connectivity index is 2.10. The van der Waals surface area contributed by atoms with Crippen molar-refractivity contribution in [1.82, 2.24) is 0 Å². The minimum absolute atomic E-state index is 0.127. The zero-order valence-electron chi connectivity index (χ0n) is 18.0. The number of carbonyl (C=O) groups is 2. The van der Waals surface area contributed by atoms with E-state index >= 15 is 0 Å². The molecule has 0 radical (unpaired) electrons. The van der Waals surface area contributed by atoms with E-state index in [-0.39, 0.29) is 31.9 Å². The van der Waals surface area contributed by atoms with Crippen LogP contribution < -0.4 is 10.1 Å². The van der Waals surface area contributed by atoms with Gasteiger partial charge in [0.2, 0.25) is 0 Å². The van der Waals surface area contributed by atoms with Crippen molar-refractivity contribution in [1.29, 1.82) is 0 Å². The Labute approximate surface area is 190 Å². The van der Waals surface area contributed by atoms with Crippen LogP contribution in [0.15, 0.2) is 66.8 Å². The predicted octanol–water partition coefficient (Wildman–Crippen LogP) is 4.69. The molecule has 2 N–H and O–H groups in total. The van der Waals surface area contributed by atoms with Crippen molar-refractivity contribution in [3.63, 3.8) is 0 Å². The molecular weight excluding hydrogens is 436 g/mol. The first-order valence-electron chi connectivity index (χ1n) is 10.2. The Kier molecular flexibility index (Phi) is 10.6. The molecule has 1 atom stereocenters. The van der Waals surface area contributed by atoms with Crippen LogP contribution in [0.1, 0.15) is 25.0 Å². The molecule has 0 spiro atoms. The lowest BCUT2D eigenvalue weighted by Gasteiger charge is -2.18. The molecule has 0 aliphatic rings. The fourth-order valence-corrected chi connectivity index (χ4v) is 2.66. The molecule has 176 valence electrons. The number of hydrogen-bond donors (Lipinski definition) is 2. The lowest BCUT2D eigenvalue weighted by molar-refractivity contribution is -0.137. The summed E-state index contributed by atoms with van der Waals surface area (Å²) in [4.78, 5) is 23.7. The SMILES string of the molecule is CCOC(=O)/C=C/C=C/C[C@@H](OC(=O)Nc1ccc(F)cc1F)c1ccc(OCCO)cc1. The number of ether oxygens (including phenoxy) is 3. The Morgan fingerprint density at radius 1 is 1.12 bits per heavy atom. The summed E-state index contributed by atoms with van der Waals surface area (Å²) in [5.41, 5.74) is 0.404. The molecule has 0 aliphatic carbocycles. The number of anilines is 1. The summed E-state index contributed by atoms with van der Waals surface area (Å²) in [7, 11) is 0. The molecule has 1 amide bonds. The summed E-state index contributed by atoms with van der Waals surface area (Å²) in [6.45, 7) is 1.98. The van der Waals surface area contributed by atoms with Gasteiger partial charge in [-0.25, -0.2) is 18.4 Å². The number of aliphatic hydroxyl groups is 1. The van der Waals surface area contributed by atoms with Crippen LogP contribution in [0.4, 0.5) is 19.3 Å². The minimum atomic E-state index is -0.933. The molecule has 0 saturated carbocycles. The van der Waals surface area contributed by atoms with E-state index in [1.54, 1.807) is 43.3 Å². The molecule has 9 heteroatoms. The maximum absolute atomic E-state index is 13.8. The van der Waals surface area contributed by atoms with Gasteiger partial charge in [-0.15, -0.1) is 0 Å². The standard InChI is InChI=1S/C24H25F2NO6/c1-2-31-23(29)7-5-3-4-6-22(17-8-11-19(12-9-17)32-15-14-28)33-24(30)27-21-13-10-18(25)16-20(21)26/h3-5,7-13,16,22,28H,2,6,14-15H2,1H3,(H,27,30)/b4-3+,7-5+/t22-/m1/s1. The molecule has 0 aliphatic heterocycles. The number of carbonyl (C=O) groups excluding carboxylic acids is 2. The topological polar surface area (TPSA) is 94.1 Å². The molecule has 0 fully saturated rings. The maximum Gasteiger partial charge on any atom is 0.412 e. The van der Waals surface area contributed by atoms with Gasteiger partial charge in [-0.3, -0.25) is 5.32 Å². The Morgan fingerprint density at radius 2 is 1.88 bits per heavy atom. The van der Waals surface area contributed by atoms with E-state index in [4.69, 9.17) is 19.3 Å². The van der Waals surface area contributed by atoms with Crippen LogP contribution in [-0.2, 0) is 14.3 Å². The monoisotopic (exact) mass is 461 g/mol. The van der Waals surface area contributed by atoms with E-state index in [9.17, 15) is 18.4 Å². The van der Waals surface area contributed by atoms with Crippen LogP contribution >= 0.6 is 0 Å². The molecule has 0 bridgehead atoms. The highest BCUT2D eigenvalue weighted by molar-refractivity contribution is 5.85. The Morgan fingerprint density at radius 3 is 2.55 bits per heavy atom. The van der Waals surface area contributed by atoms with Crippen molar-refractivity contribution < 1.29 is 37.7 Å². The van der Waals surface area contributed by atoms with Crippen LogP contribution in [0.2, 0.25) is 0 Å². The van der Waals surface area contributed by atoms with Gasteiger partial charge in [-0.2, -0.15) is 0 Å². The second kappa shape index (κ2) is 13.6. The van der Waals surface area contributed by atoms with Crippen molar-refractivity contribution in [2.45, 2.75) is 19.4 Å². The van der Waals surface area contributed by atoms with Gasteiger partial charge in [-0.1, -0.05) is 30.4 Å². The molecule has 0 unspecified atom stereocenters. The van der Waals surface area contributed by atoms with Crippen molar-refractivity contribution in [3.05, 3.63) is 84.0 Å². The molecule has 0 heterocycles. The number of rotatable bonds is 11. The Bertz CT molecular complexity index is 975. The number of benzene rings is 2.